The molecule has 118 valence electrons. The number of rotatable bonds is 7. The Kier molecular flexibility index (Phi) is 5.88. The average molecular weight is 322 g/mol. The van der Waals surface area contributed by atoms with E-state index in [2.05, 4.69) is 10.3 Å². The van der Waals surface area contributed by atoms with Crippen molar-refractivity contribution in [2.75, 3.05) is 19.8 Å². The fourth-order valence-electron chi connectivity index (χ4n) is 2.08. The minimum Gasteiger partial charge on any atom is -0.465 e. The van der Waals surface area contributed by atoms with Crippen molar-refractivity contribution in [1.82, 2.24) is 10.3 Å². The van der Waals surface area contributed by atoms with E-state index in [-0.39, 0.29) is 19.8 Å². The van der Waals surface area contributed by atoms with E-state index in [9.17, 15) is 4.79 Å². The molecular formula is C15H18N2O4S. The lowest BCUT2D eigenvalue weighted by Gasteiger charge is -2.17. The third-order valence-electron chi connectivity index (χ3n) is 3.14. The van der Waals surface area contributed by atoms with Gasteiger partial charge in [0, 0.05) is 0 Å². The van der Waals surface area contributed by atoms with E-state index in [0.717, 1.165) is 21.7 Å². The normalized spacial score (nSPS) is 12.1. The molecular weight excluding hydrogens is 304 g/mol. The number of amides is 1. The van der Waals surface area contributed by atoms with Crippen molar-refractivity contribution >= 4 is 17.4 Å². The summed E-state index contributed by atoms with van der Waals surface area (Å²) in [5.41, 5.74) is 4.64. The monoisotopic (exact) mass is 322 g/mol. The summed E-state index contributed by atoms with van der Waals surface area (Å²) in [7, 11) is 0. The van der Waals surface area contributed by atoms with E-state index in [1.54, 1.807) is 16.8 Å². The third-order valence-corrected chi connectivity index (χ3v) is 4.12. The van der Waals surface area contributed by atoms with Gasteiger partial charge in [0.05, 0.1) is 41.9 Å². The summed E-state index contributed by atoms with van der Waals surface area (Å²) >= 11 is 1.57. The zero-order valence-electron chi connectivity index (χ0n) is 12.2. The first kappa shape index (κ1) is 16.4. The zero-order chi connectivity index (χ0) is 15.9. The lowest BCUT2D eigenvalue weighted by atomic mass is 10.0. The summed E-state index contributed by atoms with van der Waals surface area (Å²) in [6.45, 7) is 2.21. The van der Waals surface area contributed by atoms with Crippen molar-refractivity contribution in [2.45, 2.75) is 13.0 Å². The average Bonchev–Trinajstić information content (AvgIpc) is 2.92. The number of nitrogens with zero attached hydrogens (tertiary/aromatic N) is 1. The van der Waals surface area contributed by atoms with E-state index in [4.69, 9.17) is 14.9 Å². The number of ether oxygens (including phenoxy) is 1. The van der Waals surface area contributed by atoms with E-state index < -0.39 is 12.1 Å². The number of aliphatic hydroxyl groups excluding tert-OH is 1. The van der Waals surface area contributed by atoms with Gasteiger partial charge in [0.25, 0.3) is 0 Å². The number of aliphatic hydroxyl groups is 1. The van der Waals surface area contributed by atoms with Crippen LogP contribution < -0.4 is 5.32 Å². The van der Waals surface area contributed by atoms with Crippen LogP contribution in [-0.4, -0.2) is 41.1 Å². The number of benzene rings is 1. The molecule has 0 fully saturated rings. The van der Waals surface area contributed by atoms with Gasteiger partial charge in [-0.05, 0) is 18.1 Å². The van der Waals surface area contributed by atoms with Crippen molar-refractivity contribution in [3.63, 3.8) is 0 Å². The summed E-state index contributed by atoms with van der Waals surface area (Å²) in [6.07, 6.45) is -1.11. The Balaban J connectivity index is 2.14. The molecule has 0 spiro atoms. The smallest absolute Gasteiger partial charge is 0.405 e. The van der Waals surface area contributed by atoms with Crippen LogP contribution in [-0.2, 0) is 4.74 Å². The summed E-state index contributed by atoms with van der Waals surface area (Å²) in [6, 6.07) is 7.16. The molecule has 1 amide bonds. The molecule has 1 heterocycles. The standard InChI is InChI=1S/C15H18N2O4S/c1-10-14(22-9-16-10)12-4-2-11(3-5-12)13(17-15(19)20)8-21-7-6-18/h2-5,9,13,17-18H,6-8H2,1H3,(H,19,20)/t13-/m0/s1. The molecule has 0 aliphatic rings. The molecule has 0 unspecified atom stereocenters. The number of hydrogen-bond donors (Lipinski definition) is 3. The highest BCUT2D eigenvalue weighted by Crippen LogP contribution is 2.28. The predicted octanol–water partition coefficient (Wildman–Crippen LogP) is 2.44. The molecule has 6 nitrogen and oxygen atoms in total. The molecule has 2 aromatic rings. The maximum Gasteiger partial charge on any atom is 0.405 e. The molecule has 0 aliphatic carbocycles. The molecule has 1 aromatic heterocycles. The highest BCUT2D eigenvalue weighted by molar-refractivity contribution is 7.13. The Morgan fingerprint density at radius 2 is 2.14 bits per heavy atom. The van der Waals surface area contributed by atoms with Crippen LogP contribution in [0.25, 0.3) is 10.4 Å². The molecule has 1 aromatic carbocycles. The van der Waals surface area contributed by atoms with E-state index in [1.807, 2.05) is 31.2 Å². The molecule has 22 heavy (non-hydrogen) atoms. The van der Waals surface area contributed by atoms with Crippen LogP contribution in [0.4, 0.5) is 4.79 Å². The van der Waals surface area contributed by atoms with Crippen LogP contribution in [0.5, 0.6) is 0 Å². The van der Waals surface area contributed by atoms with Gasteiger partial charge < -0.3 is 20.3 Å². The molecule has 3 N–H and O–H groups in total. The number of carbonyl (C=O) groups is 1. The fourth-order valence-corrected chi connectivity index (χ4v) is 2.89. The van der Waals surface area contributed by atoms with Crippen LogP contribution in [0, 0.1) is 6.92 Å². The first-order valence-corrected chi connectivity index (χ1v) is 7.68. The molecule has 0 radical (unpaired) electrons. The van der Waals surface area contributed by atoms with Gasteiger partial charge in [-0.2, -0.15) is 0 Å². The molecule has 0 saturated heterocycles. The lowest BCUT2D eigenvalue weighted by molar-refractivity contribution is 0.0759. The van der Waals surface area contributed by atoms with Gasteiger partial charge in [-0.25, -0.2) is 9.78 Å². The number of hydrogen-bond acceptors (Lipinski definition) is 5. The highest BCUT2D eigenvalue weighted by atomic mass is 32.1. The van der Waals surface area contributed by atoms with Crippen LogP contribution >= 0.6 is 11.3 Å². The van der Waals surface area contributed by atoms with Crippen molar-refractivity contribution in [3.8, 4) is 10.4 Å². The topological polar surface area (TPSA) is 91.7 Å². The lowest BCUT2D eigenvalue weighted by Crippen LogP contribution is -2.30. The molecule has 7 heteroatoms. The van der Waals surface area contributed by atoms with Crippen molar-refractivity contribution in [3.05, 3.63) is 41.0 Å². The maximum absolute atomic E-state index is 10.9. The molecule has 0 bridgehead atoms. The Bertz CT molecular complexity index is 612. The number of aryl methyl sites for hydroxylation is 1. The summed E-state index contributed by atoms with van der Waals surface area (Å²) < 4.78 is 5.24. The number of carboxylic acid groups (broad SMARTS) is 1. The zero-order valence-corrected chi connectivity index (χ0v) is 13.0. The van der Waals surface area contributed by atoms with Gasteiger partial charge in [-0.1, -0.05) is 24.3 Å². The molecule has 2 rings (SSSR count). The second-order valence-electron chi connectivity index (χ2n) is 4.69. The minimum absolute atomic E-state index is 0.0939. The maximum atomic E-state index is 10.9. The van der Waals surface area contributed by atoms with Crippen LogP contribution in [0.15, 0.2) is 29.8 Å². The van der Waals surface area contributed by atoms with E-state index in [1.165, 1.54) is 0 Å². The number of thiazole rings is 1. The second kappa shape index (κ2) is 7.88. The SMILES string of the molecule is Cc1ncsc1-c1ccc([C@H](COCCO)NC(=O)O)cc1. The van der Waals surface area contributed by atoms with Crippen LogP contribution in [0.3, 0.4) is 0 Å². The first-order valence-electron chi connectivity index (χ1n) is 6.80. The van der Waals surface area contributed by atoms with Crippen molar-refractivity contribution < 1.29 is 19.7 Å². The summed E-state index contributed by atoms with van der Waals surface area (Å²) in [5.74, 6) is 0. The largest absolute Gasteiger partial charge is 0.465 e. The summed E-state index contributed by atoms with van der Waals surface area (Å²) in [4.78, 5) is 16.2. The van der Waals surface area contributed by atoms with Crippen LogP contribution in [0.2, 0.25) is 0 Å². The highest BCUT2D eigenvalue weighted by Gasteiger charge is 2.15. The third kappa shape index (κ3) is 4.27. The van der Waals surface area contributed by atoms with Gasteiger partial charge >= 0.3 is 6.09 Å². The Labute approximate surface area is 132 Å². The molecule has 0 aliphatic heterocycles. The van der Waals surface area contributed by atoms with Gasteiger partial charge in [-0.15, -0.1) is 11.3 Å². The van der Waals surface area contributed by atoms with E-state index in [0.29, 0.717) is 0 Å². The first-order chi connectivity index (χ1) is 10.6. The fraction of sp³-hybridized carbons (Fsp3) is 0.333. The Hall–Kier alpha value is -1.96. The van der Waals surface area contributed by atoms with Gasteiger partial charge in [-0.3, -0.25) is 0 Å². The minimum atomic E-state index is -1.11. The van der Waals surface area contributed by atoms with Gasteiger partial charge in [0.2, 0.25) is 0 Å². The number of aromatic nitrogens is 1. The van der Waals surface area contributed by atoms with Gasteiger partial charge in [0.15, 0.2) is 0 Å². The van der Waals surface area contributed by atoms with Crippen LogP contribution in [0.1, 0.15) is 17.3 Å². The van der Waals surface area contributed by atoms with E-state index >= 15 is 0 Å². The second-order valence-corrected chi connectivity index (χ2v) is 5.54. The summed E-state index contributed by atoms with van der Waals surface area (Å²) in [5, 5.41) is 20.1. The number of nitrogens with one attached hydrogen (secondary N) is 1. The Morgan fingerprint density at radius 1 is 1.41 bits per heavy atom. The molecule has 1 atom stereocenters. The predicted molar refractivity (Wildman–Crippen MR) is 84.1 cm³/mol. The Morgan fingerprint density at radius 3 is 2.68 bits per heavy atom. The quantitative estimate of drug-likeness (QED) is 0.681. The van der Waals surface area contributed by atoms with Gasteiger partial charge in [0.1, 0.15) is 0 Å². The van der Waals surface area contributed by atoms with Crippen molar-refractivity contribution in [2.24, 2.45) is 0 Å². The molecule has 0 saturated carbocycles. The van der Waals surface area contributed by atoms with Crippen molar-refractivity contribution in [1.29, 1.82) is 0 Å².